The predicted molar refractivity (Wildman–Crippen MR) is 81.4 cm³/mol. The molecule has 5 nitrogen and oxygen atoms in total. The summed E-state index contributed by atoms with van der Waals surface area (Å²) in [6, 6.07) is 4.68. The Bertz CT molecular complexity index is 710. The zero-order valence-electron chi connectivity index (χ0n) is 13.5. The van der Waals surface area contributed by atoms with Crippen LogP contribution in [0.15, 0.2) is 18.2 Å². The van der Waals surface area contributed by atoms with Crippen molar-refractivity contribution < 1.29 is 13.9 Å². The van der Waals surface area contributed by atoms with Crippen LogP contribution < -0.4 is 4.74 Å². The van der Waals surface area contributed by atoms with Crippen LogP contribution in [0.5, 0.6) is 5.75 Å². The molecule has 0 radical (unpaired) electrons. The van der Waals surface area contributed by atoms with Gasteiger partial charge in [0, 0.05) is 26.3 Å². The van der Waals surface area contributed by atoms with Crippen molar-refractivity contribution >= 4 is 5.91 Å². The number of carbonyl (C=O) groups excluding carboxylic acids is 1. The highest BCUT2D eigenvalue weighted by molar-refractivity contribution is 5.96. The topological polar surface area (TPSA) is 47.4 Å². The molecule has 6 heteroatoms. The molecular weight excluding hydrogens is 285 g/mol. The molecule has 0 N–H and O–H groups in total. The van der Waals surface area contributed by atoms with E-state index in [9.17, 15) is 9.18 Å². The van der Waals surface area contributed by atoms with Crippen LogP contribution in [-0.2, 0) is 13.6 Å². The molecule has 2 rings (SSSR count). The van der Waals surface area contributed by atoms with Gasteiger partial charge in [-0.05, 0) is 31.5 Å². The molecule has 1 amide bonds. The maximum absolute atomic E-state index is 13.7. The van der Waals surface area contributed by atoms with Crippen LogP contribution in [0.3, 0.4) is 0 Å². The molecule has 0 saturated carbocycles. The Kier molecular flexibility index (Phi) is 4.49. The predicted octanol–water partition coefficient (Wildman–Crippen LogP) is 2.46. The maximum Gasteiger partial charge on any atom is 0.257 e. The molecule has 1 aromatic heterocycles. The molecular formula is C16H20FN3O2. The number of aryl methyl sites for hydroxylation is 2. The summed E-state index contributed by atoms with van der Waals surface area (Å²) in [4.78, 5) is 14.1. The van der Waals surface area contributed by atoms with Crippen LogP contribution in [0.4, 0.5) is 4.39 Å². The normalized spacial score (nSPS) is 10.6. The van der Waals surface area contributed by atoms with Gasteiger partial charge in [0.05, 0.1) is 18.4 Å². The minimum Gasteiger partial charge on any atom is -0.494 e. The number of rotatable bonds is 4. The van der Waals surface area contributed by atoms with Gasteiger partial charge in [-0.1, -0.05) is 6.07 Å². The standard InChI is InChI=1S/C16H20FN3O2/c1-10-15(11(2)20(4)18-10)16(21)19(3)9-12-6-7-14(22-5)13(17)8-12/h6-8H,9H2,1-5H3. The van der Waals surface area contributed by atoms with E-state index in [2.05, 4.69) is 5.10 Å². The van der Waals surface area contributed by atoms with Crippen molar-refractivity contribution in [2.75, 3.05) is 14.2 Å². The van der Waals surface area contributed by atoms with E-state index in [0.29, 0.717) is 23.4 Å². The second kappa shape index (κ2) is 6.17. The first-order valence-electron chi connectivity index (χ1n) is 6.93. The Labute approximate surface area is 129 Å². The van der Waals surface area contributed by atoms with Crippen LogP contribution in [-0.4, -0.2) is 34.7 Å². The lowest BCUT2D eigenvalue weighted by Crippen LogP contribution is -2.27. The number of hydrogen-bond acceptors (Lipinski definition) is 3. The molecule has 2 aromatic rings. The third-order valence-corrected chi connectivity index (χ3v) is 3.71. The van der Waals surface area contributed by atoms with Crippen molar-refractivity contribution in [1.29, 1.82) is 0 Å². The third kappa shape index (κ3) is 2.95. The van der Waals surface area contributed by atoms with E-state index in [4.69, 9.17) is 4.74 Å². The molecule has 0 aliphatic carbocycles. The van der Waals surface area contributed by atoms with Crippen LogP contribution in [0.1, 0.15) is 27.3 Å². The van der Waals surface area contributed by atoms with Gasteiger partial charge < -0.3 is 9.64 Å². The summed E-state index contributed by atoms with van der Waals surface area (Å²) in [5.41, 5.74) is 2.81. The van der Waals surface area contributed by atoms with Crippen LogP contribution in [0.25, 0.3) is 0 Å². The van der Waals surface area contributed by atoms with Gasteiger partial charge in [-0.2, -0.15) is 5.10 Å². The van der Waals surface area contributed by atoms with Crippen molar-refractivity contribution in [3.63, 3.8) is 0 Å². The second-order valence-corrected chi connectivity index (χ2v) is 5.30. The molecule has 1 heterocycles. The van der Waals surface area contributed by atoms with Crippen LogP contribution in [0, 0.1) is 19.7 Å². The summed E-state index contributed by atoms with van der Waals surface area (Å²) in [6.45, 7) is 3.97. The molecule has 1 aromatic carbocycles. The number of methoxy groups -OCH3 is 1. The Morgan fingerprint density at radius 1 is 1.41 bits per heavy atom. The quantitative estimate of drug-likeness (QED) is 0.872. The van der Waals surface area contributed by atoms with Crippen molar-refractivity contribution in [1.82, 2.24) is 14.7 Å². The van der Waals surface area contributed by atoms with Gasteiger partial charge in [-0.15, -0.1) is 0 Å². The zero-order chi connectivity index (χ0) is 16.4. The molecule has 0 spiro atoms. The van der Waals surface area contributed by atoms with Crippen molar-refractivity contribution in [3.8, 4) is 5.75 Å². The average molecular weight is 305 g/mol. The van der Waals surface area contributed by atoms with Gasteiger partial charge in [0.25, 0.3) is 5.91 Å². The number of halogens is 1. The minimum absolute atomic E-state index is 0.126. The first-order valence-corrected chi connectivity index (χ1v) is 6.93. The maximum atomic E-state index is 13.7. The molecule has 0 bridgehead atoms. The minimum atomic E-state index is -0.436. The molecule has 0 atom stereocenters. The van der Waals surface area contributed by atoms with Crippen molar-refractivity contribution in [2.24, 2.45) is 7.05 Å². The summed E-state index contributed by atoms with van der Waals surface area (Å²) in [7, 11) is 4.91. The molecule has 0 aliphatic rings. The van der Waals surface area contributed by atoms with Gasteiger partial charge >= 0.3 is 0 Å². The largest absolute Gasteiger partial charge is 0.494 e. The van der Waals surface area contributed by atoms with Gasteiger partial charge in [-0.3, -0.25) is 9.48 Å². The van der Waals surface area contributed by atoms with Crippen molar-refractivity contribution in [2.45, 2.75) is 20.4 Å². The average Bonchev–Trinajstić information content (AvgIpc) is 2.71. The number of benzene rings is 1. The summed E-state index contributed by atoms with van der Waals surface area (Å²) in [6.07, 6.45) is 0. The van der Waals surface area contributed by atoms with Gasteiger partial charge in [-0.25, -0.2) is 4.39 Å². The smallest absolute Gasteiger partial charge is 0.257 e. The fourth-order valence-corrected chi connectivity index (χ4v) is 2.43. The molecule has 22 heavy (non-hydrogen) atoms. The van der Waals surface area contributed by atoms with E-state index in [1.54, 1.807) is 42.7 Å². The van der Waals surface area contributed by atoms with Gasteiger partial charge in [0.15, 0.2) is 11.6 Å². The monoisotopic (exact) mass is 305 g/mol. The highest BCUT2D eigenvalue weighted by atomic mass is 19.1. The van der Waals surface area contributed by atoms with Crippen molar-refractivity contribution in [3.05, 3.63) is 46.5 Å². The number of aromatic nitrogens is 2. The van der Waals surface area contributed by atoms with E-state index in [1.165, 1.54) is 13.2 Å². The Morgan fingerprint density at radius 3 is 2.59 bits per heavy atom. The van der Waals surface area contributed by atoms with E-state index >= 15 is 0 Å². The van der Waals surface area contributed by atoms with E-state index in [-0.39, 0.29) is 11.7 Å². The van der Waals surface area contributed by atoms with E-state index < -0.39 is 5.82 Å². The lowest BCUT2D eigenvalue weighted by Gasteiger charge is -2.18. The fraction of sp³-hybridized carbons (Fsp3) is 0.375. The number of ether oxygens (including phenoxy) is 1. The fourth-order valence-electron chi connectivity index (χ4n) is 2.43. The highest BCUT2D eigenvalue weighted by Crippen LogP contribution is 2.20. The summed E-state index contributed by atoms with van der Waals surface area (Å²) >= 11 is 0. The molecule has 0 aliphatic heterocycles. The number of hydrogen-bond donors (Lipinski definition) is 0. The molecule has 0 saturated heterocycles. The molecule has 0 unspecified atom stereocenters. The first-order chi connectivity index (χ1) is 10.3. The summed E-state index contributed by atoms with van der Waals surface area (Å²) in [5, 5.41) is 4.25. The summed E-state index contributed by atoms with van der Waals surface area (Å²) in [5.74, 6) is -0.370. The zero-order valence-corrected chi connectivity index (χ0v) is 13.5. The Hall–Kier alpha value is -2.37. The van der Waals surface area contributed by atoms with E-state index in [1.807, 2.05) is 6.92 Å². The SMILES string of the molecule is COc1ccc(CN(C)C(=O)c2c(C)nn(C)c2C)cc1F. The van der Waals surface area contributed by atoms with E-state index in [0.717, 1.165) is 5.69 Å². The summed E-state index contributed by atoms with van der Waals surface area (Å²) < 4.78 is 20.3. The number of nitrogens with zero attached hydrogens (tertiary/aromatic N) is 3. The highest BCUT2D eigenvalue weighted by Gasteiger charge is 2.21. The van der Waals surface area contributed by atoms with Gasteiger partial charge in [0.2, 0.25) is 0 Å². The lowest BCUT2D eigenvalue weighted by atomic mass is 10.1. The Balaban J connectivity index is 2.20. The van der Waals surface area contributed by atoms with Crippen LogP contribution in [0.2, 0.25) is 0 Å². The molecule has 0 fully saturated rings. The third-order valence-electron chi connectivity index (χ3n) is 3.71. The second-order valence-electron chi connectivity index (χ2n) is 5.30. The van der Waals surface area contributed by atoms with Gasteiger partial charge in [0.1, 0.15) is 0 Å². The number of carbonyl (C=O) groups is 1. The molecule has 118 valence electrons. The Morgan fingerprint density at radius 2 is 2.09 bits per heavy atom. The lowest BCUT2D eigenvalue weighted by molar-refractivity contribution is 0.0783. The number of amides is 1. The first kappa shape index (κ1) is 16.0. The van der Waals surface area contributed by atoms with Crippen LogP contribution >= 0.6 is 0 Å².